The Morgan fingerprint density at radius 2 is 1.71 bits per heavy atom. The molecule has 2 rings (SSSR count). The number of amides is 2. The van der Waals surface area contributed by atoms with Crippen molar-refractivity contribution in [3.05, 3.63) is 35.4 Å². The summed E-state index contributed by atoms with van der Waals surface area (Å²) in [5.41, 5.74) is 0.840. The van der Waals surface area contributed by atoms with Gasteiger partial charge in [0, 0.05) is 13.0 Å². The van der Waals surface area contributed by atoms with Crippen LogP contribution in [0.25, 0.3) is 0 Å². The summed E-state index contributed by atoms with van der Waals surface area (Å²) in [4.78, 5) is 36.1. The number of ketones is 1. The molecule has 1 aliphatic rings. The Kier molecular flexibility index (Phi) is 3.38. The minimum atomic E-state index is -0.312. The van der Waals surface area contributed by atoms with E-state index in [9.17, 15) is 14.4 Å². The van der Waals surface area contributed by atoms with Crippen LogP contribution in [0.1, 0.15) is 27.1 Å². The molecular weight excluding hydrogens is 288 g/mol. The van der Waals surface area contributed by atoms with Crippen LogP contribution in [0.2, 0.25) is 0 Å². The van der Waals surface area contributed by atoms with Gasteiger partial charge in [-0.15, -0.1) is 0 Å². The summed E-state index contributed by atoms with van der Waals surface area (Å²) in [7, 11) is 0. The number of carbonyl (C=O) groups is 3. The van der Waals surface area contributed by atoms with Crippen LogP contribution in [0.4, 0.5) is 0 Å². The van der Waals surface area contributed by atoms with E-state index < -0.39 is 0 Å². The van der Waals surface area contributed by atoms with E-state index in [1.807, 2.05) is 0 Å². The molecule has 0 aliphatic carbocycles. The lowest BCUT2D eigenvalue weighted by Crippen LogP contribution is -2.32. The number of hydrogen-bond acceptors (Lipinski definition) is 3. The van der Waals surface area contributed by atoms with E-state index in [2.05, 4.69) is 15.9 Å². The lowest BCUT2D eigenvalue weighted by Gasteiger charge is -2.12. The number of imide groups is 1. The van der Waals surface area contributed by atoms with Gasteiger partial charge in [-0.05, 0) is 12.1 Å². The van der Waals surface area contributed by atoms with Crippen LogP contribution in [-0.4, -0.2) is 34.4 Å². The third-order valence-corrected chi connectivity index (χ3v) is 3.27. The molecule has 2 amide bonds. The van der Waals surface area contributed by atoms with Gasteiger partial charge in [0.05, 0.1) is 16.5 Å². The number of alkyl halides is 1. The average molecular weight is 298 g/mol. The highest BCUT2D eigenvalue weighted by molar-refractivity contribution is 9.09. The Labute approximate surface area is 107 Å². The summed E-state index contributed by atoms with van der Waals surface area (Å²) in [5.74, 6) is -0.650. The minimum Gasteiger partial charge on any atom is -0.299 e. The van der Waals surface area contributed by atoms with Crippen LogP contribution in [0, 0.1) is 0 Å². The van der Waals surface area contributed by atoms with E-state index in [1.165, 1.54) is 0 Å². The van der Waals surface area contributed by atoms with Gasteiger partial charge < -0.3 is 0 Å². The predicted octanol–water partition coefficient (Wildman–Crippen LogP) is 1.64. The Hall–Kier alpha value is -1.49. The van der Waals surface area contributed by atoms with E-state index in [1.54, 1.807) is 24.3 Å². The van der Waals surface area contributed by atoms with E-state index in [-0.39, 0.29) is 35.9 Å². The molecule has 5 heteroatoms. The minimum absolute atomic E-state index is 0.0263. The van der Waals surface area contributed by atoms with Gasteiger partial charge >= 0.3 is 0 Å². The highest BCUT2D eigenvalue weighted by Crippen LogP contribution is 2.22. The van der Waals surface area contributed by atoms with Crippen molar-refractivity contribution in [3.8, 4) is 0 Å². The van der Waals surface area contributed by atoms with E-state index in [0.29, 0.717) is 11.1 Å². The first kappa shape index (κ1) is 12.0. The maximum Gasteiger partial charge on any atom is 0.261 e. The normalized spacial score (nSPS) is 14.1. The largest absolute Gasteiger partial charge is 0.299 e. The Morgan fingerprint density at radius 3 is 2.18 bits per heavy atom. The third kappa shape index (κ3) is 2.15. The Bertz CT molecular complexity index is 463. The number of fused-ring (bicyclic) bond motifs is 1. The van der Waals surface area contributed by atoms with Gasteiger partial charge in [-0.25, -0.2) is 0 Å². The molecule has 0 bridgehead atoms. The monoisotopic (exact) mass is 297 g/mol. The zero-order chi connectivity index (χ0) is 12.4. The molecule has 0 atom stereocenters. The van der Waals surface area contributed by atoms with Gasteiger partial charge in [-0.3, -0.25) is 19.3 Å². The summed E-state index contributed by atoms with van der Waals surface area (Å²) in [6, 6.07) is 6.69. The van der Waals surface area contributed by atoms with Crippen LogP contribution < -0.4 is 0 Å². The molecule has 0 aromatic heterocycles. The molecule has 0 unspecified atom stereocenters. The second-order valence-corrected chi connectivity index (χ2v) is 4.29. The Morgan fingerprint density at radius 1 is 1.18 bits per heavy atom. The second kappa shape index (κ2) is 4.79. The van der Waals surface area contributed by atoms with Crippen molar-refractivity contribution in [2.24, 2.45) is 0 Å². The van der Waals surface area contributed by atoms with Crippen LogP contribution in [0.3, 0.4) is 0 Å². The SMILES string of the molecule is O=C(CCN1C(=O)c2ccccc2C1=O)[14CH2]Br. The quantitative estimate of drug-likeness (QED) is 0.627. The van der Waals surface area contributed by atoms with Gasteiger partial charge in [-0.1, -0.05) is 28.1 Å². The molecule has 4 nitrogen and oxygen atoms in total. The fourth-order valence-corrected chi connectivity index (χ4v) is 2.03. The van der Waals surface area contributed by atoms with Crippen molar-refractivity contribution in [2.45, 2.75) is 6.42 Å². The van der Waals surface area contributed by atoms with Crippen molar-refractivity contribution in [2.75, 3.05) is 11.9 Å². The van der Waals surface area contributed by atoms with E-state index in [0.717, 1.165) is 4.90 Å². The zero-order valence-corrected chi connectivity index (χ0v) is 10.6. The lowest BCUT2D eigenvalue weighted by atomic mass is 10.1. The molecule has 0 saturated carbocycles. The molecule has 0 spiro atoms. The van der Waals surface area contributed by atoms with E-state index >= 15 is 0 Å². The fourth-order valence-electron chi connectivity index (χ4n) is 1.75. The Balaban J connectivity index is 2.16. The number of carbonyl (C=O) groups excluding carboxylic acids is 3. The number of nitrogens with zero attached hydrogens (tertiary/aromatic N) is 1. The average Bonchev–Trinajstić information content (AvgIpc) is 2.60. The maximum absolute atomic E-state index is 11.9. The molecule has 0 fully saturated rings. The van der Waals surface area contributed by atoms with Gasteiger partial charge in [0.1, 0.15) is 5.78 Å². The van der Waals surface area contributed by atoms with Crippen molar-refractivity contribution in [1.29, 1.82) is 0 Å². The van der Waals surface area contributed by atoms with Crippen LogP contribution in [0.5, 0.6) is 0 Å². The highest BCUT2D eigenvalue weighted by atomic mass is 79.9. The summed E-state index contributed by atoms with van der Waals surface area (Å²) in [5, 5.41) is 0.246. The topological polar surface area (TPSA) is 54.5 Å². The van der Waals surface area contributed by atoms with Crippen LogP contribution >= 0.6 is 15.9 Å². The van der Waals surface area contributed by atoms with Crippen molar-refractivity contribution in [3.63, 3.8) is 0 Å². The fraction of sp³-hybridized carbons (Fsp3) is 0.250. The van der Waals surface area contributed by atoms with Gasteiger partial charge in [0.25, 0.3) is 11.8 Å². The lowest BCUT2D eigenvalue weighted by molar-refractivity contribution is -0.116. The number of hydrogen-bond donors (Lipinski definition) is 0. The summed E-state index contributed by atoms with van der Waals surface area (Å²) in [6.07, 6.45) is 0.191. The summed E-state index contributed by atoms with van der Waals surface area (Å²) >= 11 is 3.04. The molecule has 88 valence electrons. The first-order valence-electron chi connectivity index (χ1n) is 5.18. The molecular formula is C12H10BrNO3. The molecule has 0 saturated heterocycles. The predicted molar refractivity (Wildman–Crippen MR) is 65.2 cm³/mol. The number of benzene rings is 1. The second-order valence-electron chi connectivity index (χ2n) is 3.73. The molecule has 1 aliphatic heterocycles. The first-order chi connectivity index (χ1) is 8.15. The van der Waals surface area contributed by atoms with Gasteiger partial charge in [-0.2, -0.15) is 0 Å². The van der Waals surface area contributed by atoms with Crippen molar-refractivity contribution in [1.82, 2.24) is 4.90 Å². The standard InChI is InChI=1S/C12H10BrNO3/c13-7-8(15)5-6-14-11(16)9-3-1-2-4-10(9)12(14)17/h1-4H,5-7H2/i7+2. The van der Waals surface area contributed by atoms with Gasteiger partial charge in [0.15, 0.2) is 0 Å². The molecule has 1 aromatic carbocycles. The summed E-state index contributed by atoms with van der Waals surface area (Å²) < 4.78 is 0. The highest BCUT2D eigenvalue weighted by Gasteiger charge is 2.34. The van der Waals surface area contributed by atoms with Crippen molar-refractivity contribution < 1.29 is 14.4 Å². The number of halogens is 1. The van der Waals surface area contributed by atoms with Crippen LogP contribution in [0.15, 0.2) is 24.3 Å². The summed E-state index contributed by atoms with van der Waals surface area (Å²) in [6.45, 7) is 0.150. The zero-order valence-electron chi connectivity index (χ0n) is 8.98. The maximum atomic E-state index is 11.9. The molecule has 0 radical (unpaired) electrons. The molecule has 17 heavy (non-hydrogen) atoms. The number of Topliss-reactive ketones (excluding diaryl/α,β-unsaturated/α-hetero) is 1. The first-order valence-corrected chi connectivity index (χ1v) is 6.30. The van der Waals surface area contributed by atoms with Crippen LogP contribution in [-0.2, 0) is 4.79 Å². The molecule has 1 aromatic rings. The van der Waals surface area contributed by atoms with E-state index in [4.69, 9.17) is 0 Å². The smallest absolute Gasteiger partial charge is 0.261 e. The van der Waals surface area contributed by atoms with Crippen molar-refractivity contribution >= 4 is 33.5 Å². The number of rotatable bonds is 4. The third-order valence-electron chi connectivity index (χ3n) is 2.64. The van der Waals surface area contributed by atoms with Gasteiger partial charge in [0.2, 0.25) is 0 Å². The molecule has 1 heterocycles. The molecule has 0 N–H and O–H groups in total.